The highest BCUT2D eigenvalue weighted by molar-refractivity contribution is 9.10. The van der Waals surface area contributed by atoms with Gasteiger partial charge in [0.2, 0.25) is 0 Å². The van der Waals surface area contributed by atoms with Crippen LogP contribution >= 0.6 is 40.7 Å². The average molecular weight is 506 g/mol. The van der Waals surface area contributed by atoms with Crippen LogP contribution in [-0.4, -0.2) is 37.7 Å². The summed E-state index contributed by atoms with van der Waals surface area (Å²) in [6, 6.07) is 15.3. The van der Waals surface area contributed by atoms with Crippen LogP contribution in [0.3, 0.4) is 0 Å². The predicted octanol–water partition coefficient (Wildman–Crippen LogP) is 5.45. The SMILES string of the molecule is CCOc1c(CNC2CCN(Cc3ccccc3)CC2)cc(Br)cc1OC.Cl.Cl. The molecule has 2 aromatic rings. The first-order chi connectivity index (χ1) is 13.2. The molecule has 0 spiro atoms. The first kappa shape index (κ1) is 26.1. The fourth-order valence-electron chi connectivity index (χ4n) is 3.60. The highest BCUT2D eigenvalue weighted by Gasteiger charge is 2.20. The Morgan fingerprint density at radius 2 is 1.79 bits per heavy atom. The molecule has 0 amide bonds. The maximum atomic E-state index is 5.84. The van der Waals surface area contributed by atoms with Gasteiger partial charge >= 0.3 is 0 Å². The Balaban J connectivity index is 0.00000210. The maximum Gasteiger partial charge on any atom is 0.165 e. The zero-order valence-corrected chi connectivity index (χ0v) is 20.2. The number of ether oxygens (including phenoxy) is 2. The van der Waals surface area contributed by atoms with Crippen molar-refractivity contribution in [3.63, 3.8) is 0 Å². The maximum absolute atomic E-state index is 5.84. The average Bonchev–Trinajstić information content (AvgIpc) is 2.69. The van der Waals surface area contributed by atoms with Crippen LogP contribution in [0.1, 0.15) is 30.9 Å². The molecule has 1 fully saturated rings. The minimum absolute atomic E-state index is 0. The van der Waals surface area contributed by atoms with Crippen LogP contribution < -0.4 is 14.8 Å². The van der Waals surface area contributed by atoms with Crippen molar-refractivity contribution in [3.8, 4) is 11.5 Å². The number of likely N-dealkylation sites (tertiary alicyclic amines) is 1. The normalized spacial score (nSPS) is 14.6. The van der Waals surface area contributed by atoms with Crippen LogP contribution in [0.5, 0.6) is 11.5 Å². The van der Waals surface area contributed by atoms with E-state index in [1.165, 1.54) is 18.4 Å². The van der Waals surface area contributed by atoms with Crippen molar-refractivity contribution in [2.75, 3.05) is 26.8 Å². The lowest BCUT2D eigenvalue weighted by molar-refractivity contribution is 0.189. The Morgan fingerprint density at radius 1 is 1.10 bits per heavy atom. The number of nitrogens with one attached hydrogen (secondary N) is 1. The number of benzene rings is 2. The smallest absolute Gasteiger partial charge is 0.165 e. The third kappa shape index (κ3) is 7.65. The number of methoxy groups -OCH3 is 1. The Kier molecular flexibility index (Phi) is 12.0. The zero-order valence-electron chi connectivity index (χ0n) is 17.0. The molecule has 0 aromatic heterocycles. The van der Waals surface area contributed by atoms with Gasteiger partial charge in [0.15, 0.2) is 11.5 Å². The highest BCUT2D eigenvalue weighted by atomic mass is 79.9. The topological polar surface area (TPSA) is 33.7 Å². The summed E-state index contributed by atoms with van der Waals surface area (Å²) in [5, 5.41) is 3.72. The molecule has 29 heavy (non-hydrogen) atoms. The number of halogens is 3. The minimum Gasteiger partial charge on any atom is -0.493 e. The van der Waals surface area contributed by atoms with E-state index in [4.69, 9.17) is 9.47 Å². The number of nitrogens with zero attached hydrogens (tertiary/aromatic N) is 1. The van der Waals surface area contributed by atoms with Crippen LogP contribution in [-0.2, 0) is 13.1 Å². The molecule has 4 nitrogen and oxygen atoms in total. The Labute approximate surface area is 195 Å². The zero-order chi connectivity index (χ0) is 19.1. The van der Waals surface area contributed by atoms with E-state index in [2.05, 4.69) is 62.5 Å². The van der Waals surface area contributed by atoms with E-state index >= 15 is 0 Å². The van der Waals surface area contributed by atoms with Crippen molar-refractivity contribution in [1.82, 2.24) is 10.2 Å². The van der Waals surface area contributed by atoms with Crippen molar-refractivity contribution in [2.45, 2.75) is 38.9 Å². The molecule has 162 valence electrons. The summed E-state index contributed by atoms with van der Waals surface area (Å²) in [5.41, 5.74) is 2.53. The summed E-state index contributed by atoms with van der Waals surface area (Å²) in [7, 11) is 1.68. The van der Waals surface area contributed by atoms with E-state index in [0.29, 0.717) is 12.6 Å². The van der Waals surface area contributed by atoms with Crippen LogP contribution in [0.2, 0.25) is 0 Å². The standard InChI is InChI=1S/C22H29BrN2O2.2ClH/c1-3-27-22-18(13-19(23)14-21(22)26-2)15-24-20-9-11-25(12-10-20)16-17-7-5-4-6-8-17;;/h4-8,13-14,20,24H,3,9-12,15-16H2,1-2H3;2*1H. The Morgan fingerprint density at radius 3 is 2.41 bits per heavy atom. The molecule has 1 aliphatic rings. The van der Waals surface area contributed by atoms with Gasteiger partial charge in [-0.3, -0.25) is 4.90 Å². The van der Waals surface area contributed by atoms with Gasteiger partial charge in [-0.25, -0.2) is 0 Å². The Bertz CT molecular complexity index is 726. The molecule has 2 aromatic carbocycles. The molecule has 0 atom stereocenters. The monoisotopic (exact) mass is 504 g/mol. The molecule has 1 aliphatic heterocycles. The van der Waals surface area contributed by atoms with E-state index in [-0.39, 0.29) is 24.8 Å². The molecule has 0 bridgehead atoms. The second kappa shape index (κ2) is 13.3. The molecule has 0 unspecified atom stereocenters. The molecular formula is C22H31BrCl2N2O2. The predicted molar refractivity (Wildman–Crippen MR) is 128 cm³/mol. The summed E-state index contributed by atoms with van der Waals surface area (Å²) in [6.45, 7) is 6.72. The van der Waals surface area contributed by atoms with Gasteiger partial charge < -0.3 is 14.8 Å². The van der Waals surface area contributed by atoms with Gasteiger partial charge in [0.05, 0.1) is 13.7 Å². The molecular weight excluding hydrogens is 475 g/mol. The number of hydrogen-bond donors (Lipinski definition) is 1. The van der Waals surface area contributed by atoms with Gasteiger partial charge in [0.1, 0.15) is 0 Å². The molecule has 1 N–H and O–H groups in total. The second-order valence-electron chi connectivity index (χ2n) is 6.95. The first-order valence-electron chi connectivity index (χ1n) is 9.68. The van der Waals surface area contributed by atoms with E-state index in [9.17, 15) is 0 Å². The molecule has 0 saturated carbocycles. The molecule has 7 heteroatoms. The molecule has 1 heterocycles. The van der Waals surface area contributed by atoms with Crippen molar-refractivity contribution < 1.29 is 9.47 Å². The molecule has 1 saturated heterocycles. The fraction of sp³-hybridized carbons (Fsp3) is 0.455. The van der Waals surface area contributed by atoms with Crippen molar-refractivity contribution in [2.24, 2.45) is 0 Å². The summed E-state index contributed by atoms with van der Waals surface area (Å²) in [4.78, 5) is 2.54. The van der Waals surface area contributed by atoms with Crippen LogP contribution in [0.4, 0.5) is 0 Å². The van der Waals surface area contributed by atoms with Gasteiger partial charge in [0.25, 0.3) is 0 Å². The quantitative estimate of drug-likeness (QED) is 0.516. The summed E-state index contributed by atoms with van der Waals surface area (Å²) in [6.07, 6.45) is 2.34. The van der Waals surface area contributed by atoms with E-state index in [1.807, 2.05) is 13.0 Å². The lowest BCUT2D eigenvalue weighted by Crippen LogP contribution is -2.41. The Hall–Kier alpha value is -0.980. The van der Waals surface area contributed by atoms with Crippen molar-refractivity contribution in [3.05, 3.63) is 58.1 Å². The van der Waals surface area contributed by atoms with Crippen LogP contribution in [0.25, 0.3) is 0 Å². The largest absolute Gasteiger partial charge is 0.493 e. The first-order valence-corrected chi connectivity index (χ1v) is 10.5. The van der Waals surface area contributed by atoms with Gasteiger partial charge in [-0.1, -0.05) is 46.3 Å². The second-order valence-corrected chi connectivity index (χ2v) is 7.86. The van der Waals surface area contributed by atoms with E-state index < -0.39 is 0 Å². The van der Waals surface area contributed by atoms with Gasteiger partial charge in [0, 0.05) is 29.2 Å². The van der Waals surface area contributed by atoms with Gasteiger partial charge in [-0.2, -0.15) is 0 Å². The number of hydrogen-bond acceptors (Lipinski definition) is 4. The summed E-state index contributed by atoms with van der Waals surface area (Å²) in [5.74, 6) is 1.62. The van der Waals surface area contributed by atoms with Gasteiger partial charge in [-0.05, 0) is 50.6 Å². The van der Waals surface area contributed by atoms with E-state index in [0.717, 1.165) is 47.7 Å². The minimum atomic E-state index is 0. The van der Waals surface area contributed by atoms with E-state index in [1.54, 1.807) is 7.11 Å². The van der Waals surface area contributed by atoms with Crippen molar-refractivity contribution >= 4 is 40.7 Å². The number of rotatable bonds is 8. The third-order valence-electron chi connectivity index (χ3n) is 5.02. The summed E-state index contributed by atoms with van der Waals surface area (Å²) < 4.78 is 12.3. The summed E-state index contributed by atoms with van der Waals surface area (Å²) >= 11 is 3.57. The highest BCUT2D eigenvalue weighted by Crippen LogP contribution is 2.35. The molecule has 3 rings (SSSR count). The third-order valence-corrected chi connectivity index (χ3v) is 5.48. The van der Waals surface area contributed by atoms with Crippen LogP contribution in [0.15, 0.2) is 46.9 Å². The van der Waals surface area contributed by atoms with Gasteiger partial charge in [-0.15, -0.1) is 24.8 Å². The lowest BCUT2D eigenvalue weighted by Gasteiger charge is -2.32. The van der Waals surface area contributed by atoms with Crippen LogP contribution in [0, 0.1) is 0 Å². The lowest BCUT2D eigenvalue weighted by atomic mass is 10.0. The number of piperidine rings is 1. The van der Waals surface area contributed by atoms with Crippen molar-refractivity contribution in [1.29, 1.82) is 0 Å². The fourth-order valence-corrected chi connectivity index (χ4v) is 4.09. The molecule has 0 radical (unpaired) electrons. The molecule has 0 aliphatic carbocycles.